The molecule has 0 N–H and O–H groups in total. The van der Waals surface area contributed by atoms with Crippen molar-refractivity contribution in [3.05, 3.63) is 35.8 Å². The minimum Gasteiger partial charge on any atom is -0.353 e. The average molecular weight is 293 g/mol. The van der Waals surface area contributed by atoms with Crippen LogP contribution in [0.2, 0.25) is 5.15 Å². The van der Waals surface area contributed by atoms with Gasteiger partial charge in [-0.05, 0) is 0 Å². The normalized spacial score (nSPS) is 16.6. The molecule has 0 aliphatic carbocycles. The monoisotopic (exact) mass is 292 g/mol. The molecule has 3 heterocycles. The maximum absolute atomic E-state index is 5.88. The lowest BCUT2D eigenvalue weighted by Gasteiger charge is -2.34. The lowest BCUT2D eigenvalue weighted by atomic mass is 10.3. The molecule has 1 aliphatic heterocycles. The number of aryl methyl sites for hydroxylation is 1. The fraction of sp³-hybridized carbons (Fsp3) is 0.462. The third kappa shape index (κ3) is 2.91. The third-order valence-electron chi connectivity index (χ3n) is 3.57. The zero-order valence-electron chi connectivity index (χ0n) is 11.4. The van der Waals surface area contributed by atoms with E-state index in [2.05, 4.69) is 29.3 Å². The molecule has 0 bridgehead atoms. The molecule has 7 heteroatoms. The van der Waals surface area contributed by atoms with Crippen LogP contribution in [0.15, 0.2) is 24.8 Å². The summed E-state index contributed by atoms with van der Waals surface area (Å²) < 4.78 is 2.06. The number of piperazine rings is 1. The first-order chi connectivity index (χ1) is 9.72. The molecule has 0 amide bonds. The highest BCUT2D eigenvalue weighted by atomic mass is 35.5. The Morgan fingerprint density at radius 3 is 2.65 bits per heavy atom. The van der Waals surface area contributed by atoms with Gasteiger partial charge in [0, 0.05) is 45.6 Å². The van der Waals surface area contributed by atoms with Gasteiger partial charge in [0.15, 0.2) is 0 Å². The Balaban J connectivity index is 1.58. The van der Waals surface area contributed by atoms with Gasteiger partial charge in [0.1, 0.15) is 16.8 Å². The van der Waals surface area contributed by atoms with Gasteiger partial charge in [0.2, 0.25) is 0 Å². The van der Waals surface area contributed by atoms with Crippen LogP contribution >= 0.6 is 11.6 Å². The van der Waals surface area contributed by atoms with E-state index in [4.69, 9.17) is 11.6 Å². The van der Waals surface area contributed by atoms with Crippen LogP contribution in [0.25, 0.3) is 0 Å². The smallest absolute Gasteiger partial charge is 0.149 e. The number of hydrogen-bond acceptors (Lipinski definition) is 5. The molecule has 106 valence electrons. The molecule has 0 saturated carbocycles. The van der Waals surface area contributed by atoms with Crippen LogP contribution in [0.3, 0.4) is 0 Å². The Morgan fingerprint density at radius 1 is 1.20 bits per heavy atom. The van der Waals surface area contributed by atoms with E-state index in [0.29, 0.717) is 5.15 Å². The Labute approximate surface area is 123 Å². The highest BCUT2D eigenvalue weighted by Gasteiger charge is 2.19. The first kappa shape index (κ1) is 13.3. The highest BCUT2D eigenvalue weighted by Crippen LogP contribution is 2.15. The van der Waals surface area contributed by atoms with Gasteiger partial charge in [-0.2, -0.15) is 0 Å². The van der Waals surface area contributed by atoms with E-state index in [1.54, 1.807) is 12.4 Å². The van der Waals surface area contributed by atoms with Gasteiger partial charge in [0.25, 0.3) is 0 Å². The molecule has 0 aromatic carbocycles. The Morgan fingerprint density at radius 2 is 2.00 bits per heavy atom. The van der Waals surface area contributed by atoms with Crippen molar-refractivity contribution < 1.29 is 0 Å². The second-order valence-corrected chi connectivity index (χ2v) is 5.30. The molecule has 0 spiro atoms. The van der Waals surface area contributed by atoms with Gasteiger partial charge >= 0.3 is 0 Å². The van der Waals surface area contributed by atoms with Crippen LogP contribution < -0.4 is 4.90 Å². The molecule has 1 aliphatic rings. The third-order valence-corrected chi connectivity index (χ3v) is 3.76. The van der Waals surface area contributed by atoms with Crippen LogP contribution in [-0.4, -0.2) is 50.6 Å². The summed E-state index contributed by atoms with van der Waals surface area (Å²) in [7, 11) is 2.03. The maximum Gasteiger partial charge on any atom is 0.149 e. The SMILES string of the molecule is Cn1ccnc1CN1CCN(c2cncc(Cl)n2)CC1. The second kappa shape index (κ2) is 5.76. The van der Waals surface area contributed by atoms with Crippen LogP contribution in [-0.2, 0) is 13.6 Å². The Kier molecular flexibility index (Phi) is 3.84. The summed E-state index contributed by atoms with van der Waals surface area (Å²) in [4.78, 5) is 17.4. The zero-order valence-corrected chi connectivity index (χ0v) is 12.2. The van der Waals surface area contributed by atoms with E-state index in [1.165, 1.54) is 0 Å². The molecule has 3 rings (SSSR count). The van der Waals surface area contributed by atoms with Crippen molar-refractivity contribution >= 4 is 17.4 Å². The Hall–Kier alpha value is -1.66. The lowest BCUT2D eigenvalue weighted by Crippen LogP contribution is -2.46. The van der Waals surface area contributed by atoms with Gasteiger partial charge in [-0.3, -0.25) is 9.88 Å². The minimum atomic E-state index is 0.443. The quantitative estimate of drug-likeness (QED) is 0.850. The lowest BCUT2D eigenvalue weighted by molar-refractivity contribution is 0.241. The number of imidazole rings is 1. The average Bonchev–Trinajstić information content (AvgIpc) is 2.85. The zero-order chi connectivity index (χ0) is 13.9. The van der Waals surface area contributed by atoms with Gasteiger partial charge in [-0.15, -0.1) is 0 Å². The minimum absolute atomic E-state index is 0.443. The molecule has 0 atom stereocenters. The molecular weight excluding hydrogens is 276 g/mol. The van der Waals surface area contributed by atoms with Crippen molar-refractivity contribution in [1.82, 2.24) is 24.4 Å². The second-order valence-electron chi connectivity index (χ2n) is 4.92. The largest absolute Gasteiger partial charge is 0.353 e. The van der Waals surface area contributed by atoms with E-state index >= 15 is 0 Å². The van der Waals surface area contributed by atoms with E-state index < -0.39 is 0 Å². The summed E-state index contributed by atoms with van der Waals surface area (Å²) in [5.41, 5.74) is 0. The van der Waals surface area contributed by atoms with Crippen LogP contribution in [0, 0.1) is 0 Å². The summed E-state index contributed by atoms with van der Waals surface area (Å²) in [5, 5.41) is 0.443. The highest BCUT2D eigenvalue weighted by molar-refractivity contribution is 6.29. The summed E-state index contributed by atoms with van der Waals surface area (Å²) in [6.45, 7) is 4.72. The maximum atomic E-state index is 5.88. The summed E-state index contributed by atoms with van der Waals surface area (Å²) in [5.74, 6) is 1.95. The predicted molar refractivity (Wildman–Crippen MR) is 77.7 cm³/mol. The molecule has 6 nitrogen and oxygen atoms in total. The topological polar surface area (TPSA) is 50.1 Å². The van der Waals surface area contributed by atoms with Crippen LogP contribution in [0.1, 0.15) is 5.82 Å². The van der Waals surface area contributed by atoms with Gasteiger partial charge < -0.3 is 9.47 Å². The molecule has 0 unspecified atom stereocenters. The Bertz CT molecular complexity index is 576. The number of aromatic nitrogens is 4. The number of rotatable bonds is 3. The van der Waals surface area contributed by atoms with Gasteiger partial charge in [-0.25, -0.2) is 9.97 Å². The van der Waals surface area contributed by atoms with Crippen LogP contribution in [0.5, 0.6) is 0 Å². The molecule has 2 aromatic rings. The first-order valence-electron chi connectivity index (χ1n) is 6.63. The van der Waals surface area contributed by atoms with Gasteiger partial charge in [0.05, 0.1) is 18.9 Å². The van der Waals surface area contributed by atoms with Crippen molar-refractivity contribution in [3.8, 4) is 0 Å². The van der Waals surface area contributed by atoms with Crippen molar-refractivity contribution in [2.45, 2.75) is 6.54 Å². The van der Waals surface area contributed by atoms with E-state index in [0.717, 1.165) is 44.4 Å². The number of hydrogen-bond donors (Lipinski definition) is 0. The van der Waals surface area contributed by atoms with E-state index in [9.17, 15) is 0 Å². The molecule has 2 aromatic heterocycles. The summed E-state index contributed by atoms with van der Waals surface area (Å²) in [6.07, 6.45) is 7.14. The molecular formula is C13H17ClN6. The van der Waals surface area contributed by atoms with E-state index in [-0.39, 0.29) is 0 Å². The molecule has 20 heavy (non-hydrogen) atoms. The van der Waals surface area contributed by atoms with Crippen molar-refractivity contribution in [1.29, 1.82) is 0 Å². The predicted octanol–water partition coefficient (Wildman–Crippen LogP) is 1.19. The number of halogens is 1. The van der Waals surface area contributed by atoms with Gasteiger partial charge in [-0.1, -0.05) is 11.6 Å². The molecule has 0 radical (unpaired) electrons. The number of anilines is 1. The fourth-order valence-electron chi connectivity index (χ4n) is 2.37. The van der Waals surface area contributed by atoms with Crippen molar-refractivity contribution in [2.75, 3.05) is 31.1 Å². The molecule has 1 saturated heterocycles. The van der Waals surface area contributed by atoms with E-state index in [1.807, 2.05) is 19.4 Å². The molecule has 1 fully saturated rings. The number of nitrogens with zero attached hydrogens (tertiary/aromatic N) is 6. The van der Waals surface area contributed by atoms with Crippen molar-refractivity contribution in [3.63, 3.8) is 0 Å². The standard InChI is InChI=1S/C13H17ClN6/c1-18-3-2-16-13(18)10-19-4-6-20(7-5-19)12-9-15-8-11(14)17-12/h2-3,8-9H,4-7,10H2,1H3. The van der Waals surface area contributed by atoms with Crippen molar-refractivity contribution in [2.24, 2.45) is 7.05 Å². The summed E-state index contributed by atoms with van der Waals surface area (Å²) >= 11 is 5.88. The summed E-state index contributed by atoms with van der Waals surface area (Å²) in [6, 6.07) is 0. The first-order valence-corrected chi connectivity index (χ1v) is 7.01. The fourth-order valence-corrected chi connectivity index (χ4v) is 2.51. The van der Waals surface area contributed by atoms with Crippen LogP contribution in [0.4, 0.5) is 5.82 Å².